The molecule has 0 spiro atoms. The van der Waals surface area contributed by atoms with Crippen LogP contribution in [-0.4, -0.2) is 44.1 Å². The number of carbonyl (C=O) groups is 2. The number of carboxylic acids is 1. The van der Waals surface area contributed by atoms with Crippen molar-refractivity contribution in [2.24, 2.45) is 0 Å². The van der Waals surface area contributed by atoms with E-state index >= 15 is 0 Å². The van der Waals surface area contributed by atoms with Gasteiger partial charge in [0.05, 0.1) is 18.8 Å². The van der Waals surface area contributed by atoms with Gasteiger partial charge in [-0.3, -0.25) is 9.59 Å². The number of nitrogens with zero attached hydrogens (tertiary/aromatic N) is 2. The van der Waals surface area contributed by atoms with E-state index in [-0.39, 0.29) is 31.1 Å². The molecule has 3 N–H and O–H groups in total. The standard InChI is InChI=1S/C35H39N3O6S2/c1-23-37-38-35(46-23)45-22-30-19-31(26-15-13-24(21-39)14-16-26)44-34(43-30)29-10-6-9-28(18-29)27-8-5-7-25(17-27)20-36-32(40)11-3-2-4-12-33(41)42/h5-10,13-18,30-31,34,39H,2-4,11-12,19-22H2,1H3,(H,36,40)(H,41,42)/t30-,31+,34+/m0/s1. The Hall–Kier alpha value is -3.61. The van der Waals surface area contributed by atoms with Crippen LogP contribution in [0.15, 0.2) is 77.1 Å². The number of thioether (sulfide) groups is 1. The minimum Gasteiger partial charge on any atom is -0.481 e. The second kappa shape index (κ2) is 16.8. The molecule has 3 aromatic carbocycles. The van der Waals surface area contributed by atoms with E-state index in [1.807, 2.05) is 61.5 Å². The number of hydrogen-bond acceptors (Lipinski definition) is 9. The largest absolute Gasteiger partial charge is 0.481 e. The molecule has 1 amide bonds. The Kier molecular flexibility index (Phi) is 12.3. The summed E-state index contributed by atoms with van der Waals surface area (Å²) in [6, 6.07) is 24.1. The van der Waals surface area contributed by atoms with Crippen LogP contribution in [0.4, 0.5) is 0 Å². The van der Waals surface area contributed by atoms with Gasteiger partial charge in [-0.2, -0.15) is 0 Å². The Morgan fingerprint density at radius 1 is 0.913 bits per heavy atom. The van der Waals surface area contributed by atoms with E-state index in [9.17, 15) is 14.7 Å². The monoisotopic (exact) mass is 661 g/mol. The summed E-state index contributed by atoms with van der Waals surface area (Å²) in [4.78, 5) is 23.0. The number of aromatic nitrogens is 2. The van der Waals surface area contributed by atoms with E-state index in [4.69, 9.17) is 14.6 Å². The molecule has 0 saturated carbocycles. The molecule has 0 unspecified atom stereocenters. The van der Waals surface area contributed by atoms with Gasteiger partial charge in [0.15, 0.2) is 10.6 Å². The molecule has 11 heteroatoms. The van der Waals surface area contributed by atoms with Gasteiger partial charge >= 0.3 is 5.97 Å². The number of carbonyl (C=O) groups excluding carboxylic acids is 1. The first-order valence-corrected chi connectivity index (χ1v) is 17.3. The summed E-state index contributed by atoms with van der Waals surface area (Å²) in [6.45, 7) is 2.36. The molecular weight excluding hydrogens is 623 g/mol. The third kappa shape index (κ3) is 9.94. The van der Waals surface area contributed by atoms with E-state index in [0.717, 1.165) is 54.9 Å². The average Bonchev–Trinajstić information content (AvgIpc) is 3.51. The van der Waals surface area contributed by atoms with Gasteiger partial charge in [0.25, 0.3) is 0 Å². The Morgan fingerprint density at radius 2 is 1.67 bits per heavy atom. The summed E-state index contributed by atoms with van der Waals surface area (Å²) < 4.78 is 14.0. The van der Waals surface area contributed by atoms with Gasteiger partial charge in [-0.05, 0) is 59.7 Å². The minimum atomic E-state index is -0.804. The SMILES string of the molecule is Cc1nnc(SC[C@@H]2C[C@H](c3ccc(CO)cc3)O[C@H](c3cccc(-c4cccc(CNC(=O)CCCCCC(=O)O)c4)c3)O2)s1. The first kappa shape index (κ1) is 33.7. The van der Waals surface area contributed by atoms with E-state index in [2.05, 4.69) is 33.7 Å². The zero-order valence-electron chi connectivity index (χ0n) is 25.8. The molecule has 4 aromatic rings. The van der Waals surface area contributed by atoms with Crippen LogP contribution in [0.3, 0.4) is 0 Å². The lowest BCUT2D eigenvalue weighted by Crippen LogP contribution is -2.31. The number of unbranched alkanes of at least 4 members (excludes halogenated alkanes) is 2. The van der Waals surface area contributed by atoms with E-state index in [1.165, 1.54) is 0 Å². The number of amides is 1. The van der Waals surface area contributed by atoms with Gasteiger partial charge in [0.2, 0.25) is 5.91 Å². The first-order valence-electron chi connectivity index (χ1n) is 15.5. The van der Waals surface area contributed by atoms with Crippen LogP contribution < -0.4 is 5.32 Å². The molecule has 3 atom stereocenters. The molecule has 242 valence electrons. The van der Waals surface area contributed by atoms with E-state index < -0.39 is 12.3 Å². The average molecular weight is 662 g/mol. The van der Waals surface area contributed by atoms with Crippen LogP contribution in [0, 0.1) is 6.92 Å². The zero-order chi connectivity index (χ0) is 32.3. The van der Waals surface area contributed by atoms with Crippen molar-refractivity contribution in [3.05, 3.63) is 100 Å². The first-order chi connectivity index (χ1) is 22.4. The number of carboxylic acid groups (broad SMARTS) is 1. The van der Waals surface area contributed by atoms with Gasteiger partial charge < -0.3 is 25.0 Å². The maximum atomic E-state index is 12.3. The lowest BCUT2D eigenvalue weighted by atomic mass is 9.99. The molecule has 1 aliphatic rings. The Bertz CT molecular complexity index is 1600. The number of aliphatic hydroxyl groups is 1. The highest BCUT2D eigenvalue weighted by Crippen LogP contribution is 2.40. The molecule has 2 heterocycles. The summed E-state index contributed by atoms with van der Waals surface area (Å²) in [6.07, 6.45) is 2.36. The van der Waals surface area contributed by atoms with Crippen molar-refractivity contribution in [2.45, 2.75) is 81.4 Å². The van der Waals surface area contributed by atoms with Crippen LogP contribution in [0.1, 0.15) is 78.2 Å². The molecule has 0 aliphatic carbocycles. The van der Waals surface area contributed by atoms with Crippen LogP contribution in [-0.2, 0) is 32.2 Å². The lowest BCUT2D eigenvalue weighted by Gasteiger charge is -2.36. The normalized spacial score (nSPS) is 17.9. The quantitative estimate of drug-likeness (QED) is 0.0911. The summed E-state index contributed by atoms with van der Waals surface area (Å²) in [5.41, 5.74) is 5.83. The number of aliphatic hydroxyl groups excluding tert-OH is 1. The van der Waals surface area contributed by atoms with Crippen LogP contribution in [0.5, 0.6) is 0 Å². The van der Waals surface area contributed by atoms with Crippen LogP contribution >= 0.6 is 23.1 Å². The van der Waals surface area contributed by atoms with Crippen molar-refractivity contribution < 1.29 is 29.3 Å². The Labute approximate surface area is 277 Å². The van der Waals surface area contributed by atoms with Gasteiger partial charge in [-0.25, -0.2) is 0 Å². The number of benzene rings is 3. The number of aliphatic carboxylic acids is 1. The fraction of sp³-hybridized carbons (Fsp3) is 0.371. The van der Waals surface area contributed by atoms with Gasteiger partial charge in [-0.1, -0.05) is 90.2 Å². The van der Waals surface area contributed by atoms with Gasteiger partial charge in [-0.15, -0.1) is 10.2 Å². The molecule has 1 saturated heterocycles. The number of aryl methyl sites for hydroxylation is 1. The third-order valence-electron chi connectivity index (χ3n) is 7.72. The predicted octanol–water partition coefficient (Wildman–Crippen LogP) is 6.99. The molecule has 46 heavy (non-hydrogen) atoms. The number of rotatable bonds is 15. The zero-order valence-corrected chi connectivity index (χ0v) is 27.4. The fourth-order valence-corrected chi connectivity index (χ4v) is 7.14. The smallest absolute Gasteiger partial charge is 0.303 e. The van der Waals surface area contributed by atoms with Crippen LogP contribution in [0.25, 0.3) is 11.1 Å². The Morgan fingerprint density at radius 3 is 2.41 bits per heavy atom. The molecule has 0 radical (unpaired) electrons. The lowest BCUT2D eigenvalue weighted by molar-refractivity contribution is -0.245. The summed E-state index contributed by atoms with van der Waals surface area (Å²) in [7, 11) is 0. The number of ether oxygens (including phenoxy) is 2. The topological polar surface area (TPSA) is 131 Å². The summed E-state index contributed by atoms with van der Waals surface area (Å²) >= 11 is 3.22. The second-order valence-corrected chi connectivity index (χ2v) is 13.8. The molecule has 1 aromatic heterocycles. The van der Waals surface area contributed by atoms with Gasteiger partial charge in [0, 0.05) is 37.1 Å². The highest BCUT2D eigenvalue weighted by Gasteiger charge is 2.32. The molecule has 0 bridgehead atoms. The fourth-order valence-electron chi connectivity index (χ4n) is 5.28. The van der Waals surface area contributed by atoms with Crippen molar-refractivity contribution in [1.82, 2.24) is 15.5 Å². The predicted molar refractivity (Wildman–Crippen MR) is 178 cm³/mol. The molecule has 5 rings (SSSR count). The van der Waals surface area contributed by atoms with E-state index in [0.29, 0.717) is 32.2 Å². The van der Waals surface area contributed by atoms with Crippen molar-refractivity contribution in [1.29, 1.82) is 0 Å². The summed E-state index contributed by atoms with van der Waals surface area (Å²) in [5, 5.41) is 30.6. The van der Waals surface area contributed by atoms with Crippen molar-refractivity contribution in [3.8, 4) is 11.1 Å². The third-order valence-corrected chi connectivity index (χ3v) is 9.82. The maximum absolute atomic E-state index is 12.3. The van der Waals surface area contributed by atoms with Crippen molar-refractivity contribution in [2.75, 3.05) is 5.75 Å². The maximum Gasteiger partial charge on any atom is 0.303 e. The minimum absolute atomic E-state index is 0.00534. The summed E-state index contributed by atoms with van der Waals surface area (Å²) in [5.74, 6) is -0.124. The highest BCUT2D eigenvalue weighted by atomic mass is 32.2. The second-order valence-electron chi connectivity index (χ2n) is 11.3. The van der Waals surface area contributed by atoms with Gasteiger partial charge in [0.1, 0.15) is 5.01 Å². The highest BCUT2D eigenvalue weighted by molar-refractivity contribution is 8.01. The van der Waals surface area contributed by atoms with Crippen molar-refractivity contribution >= 4 is 35.0 Å². The number of hydrogen-bond donors (Lipinski definition) is 3. The van der Waals surface area contributed by atoms with Crippen LogP contribution in [0.2, 0.25) is 0 Å². The molecule has 9 nitrogen and oxygen atoms in total. The van der Waals surface area contributed by atoms with E-state index in [1.54, 1.807) is 23.1 Å². The van der Waals surface area contributed by atoms with Crippen molar-refractivity contribution in [3.63, 3.8) is 0 Å². The molecule has 1 aliphatic heterocycles. The number of nitrogens with one attached hydrogen (secondary N) is 1. The molecular formula is C35H39N3O6S2. The Balaban J connectivity index is 1.26. The molecule has 1 fully saturated rings.